The first-order chi connectivity index (χ1) is 6.33. The zero-order valence-corrected chi connectivity index (χ0v) is 8.06. The molecule has 0 spiro atoms. The molecular weight excluding hydrogens is 184 g/mol. The Morgan fingerprint density at radius 2 is 2.46 bits per heavy atom. The first kappa shape index (κ1) is 9.80. The quantitative estimate of drug-likeness (QED) is 0.707. The summed E-state index contributed by atoms with van der Waals surface area (Å²) in [4.78, 5) is 11.0. The van der Waals surface area contributed by atoms with E-state index in [-0.39, 0.29) is 6.03 Å². The van der Waals surface area contributed by atoms with E-state index in [1.165, 1.54) is 0 Å². The molecule has 2 amide bonds. The van der Waals surface area contributed by atoms with Crippen molar-refractivity contribution in [3.8, 4) is 0 Å². The van der Waals surface area contributed by atoms with Crippen molar-refractivity contribution in [3.05, 3.63) is 35.0 Å². The minimum Gasteiger partial charge on any atom is -0.335 e. The second-order valence-corrected chi connectivity index (χ2v) is 3.26. The summed E-state index contributed by atoms with van der Waals surface area (Å²) < 4.78 is 0. The molecule has 3 nitrogen and oxygen atoms in total. The summed E-state index contributed by atoms with van der Waals surface area (Å²) in [5, 5.41) is 9.35. The second kappa shape index (κ2) is 5.37. The molecule has 0 aliphatic heterocycles. The first-order valence-corrected chi connectivity index (χ1v) is 4.91. The third-order valence-corrected chi connectivity index (χ3v) is 2.17. The summed E-state index contributed by atoms with van der Waals surface area (Å²) in [6, 6.07) is 1.82. The molecule has 0 unspecified atom stereocenters. The Bertz CT molecular complexity index is 269. The third kappa shape index (κ3) is 3.75. The highest BCUT2D eigenvalue weighted by molar-refractivity contribution is 7.07. The van der Waals surface area contributed by atoms with Gasteiger partial charge in [0, 0.05) is 13.1 Å². The number of amides is 2. The van der Waals surface area contributed by atoms with Gasteiger partial charge in [-0.1, -0.05) is 6.08 Å². The summed E-state index contributed by atoms with van der Waals surface area (Å²) in [7, 11) is 0. The standard InChI is InChI=1S/C9H12N2OS/c1-2-4-10-9(12)11-6-8-3-5-13-7-8/h2-3,5,7H,1,4,6H2,(H2,10,11,12). The van der Waals surface area contributed by atoms with Gasteiger partial charge in [0.05, 0.1) is 0 Å². The highest BCUT2D eigenvalue weighted by Gasteiger charge is 1.97. The molecule has 0 saturated heterocycles. The van der Waals surface area contributed by atoms with Crippen LogP contribution in [0.1, 0.15) is 5.56 Å². The molecule has 0 aliphatic carbocycles. The maximum Gasteiger partial charge on any atom is 0.315 e. The molecule has 1 heterocycles. The minimum atomic E-state index is -0.161. The Kier molecular flexibility index (Phi) is 4.05. The molecular formula is C9H12N2OS. The van der Waals surface area contributed by atoms with Crippen LogP contribution in [0.15, 0.2) is 29.5 Å². The molecule has 0 bridgehead atoms. The number of thiophene rings is 1. The molecule has 1 rings (SSSR count). The molecule has 0 fully saturated rings. The van der Waals surface area contributed by atoms with E-state index in [2.05, 4.69) is 17.2 Å². The van der Waals surface area contributed by atoms with Crippen molar-refractivity contribution in [2.45, 2.75) is 6.54 Å². The van der Waals surface area contributed by atoms with Crippen LogP contribution < -0.4 is 10.6 Å². The Hall–Kier alpha value is -1.29. The largest absolute Gasteiger partial charge is 0.335 e. The number of nitrogens with one attached hydrogen (secondary N) is 2. The Morgan fingerprint density at radius 1 is 1.62 bits per heavy atom. The molecule has 4 heteroatoms. The van der Waals surface area contributed by atoms with Gasteiger partial charge >= 0.3 is 6.03 Å². The predicted molar refractivity (Wildman–Crippen MR) is 54.8 cm³/mol. The monoisotopic (exact) mass is 196 g/mol. The van der Waals surface area contributed by atoms with Crippen LogP contribution in [0.2, 0.25) is 0 Å². The molecule has 0 atom stereocenters. The highest BCUT2D eigenvalue weighted by atomic mass is 32.1. The van der Waals surface area contributed by atoms with Crippen molar-refractivity contribution in [1.29, 1.82) is 0 Å². The fourth-order valence-electron chi connectivity index (χ4n) is 0.803. The second-order valence-electron chi connectivity index (χ2n) is 2.48. The van der Waals surface area contributed by atoms with Crippen LogP contribution in [-0.4, -0.2) is 12.6 Å². The van der Waals surface area contributed by atoms with Crippen molar-refractivity contribution < 1.29 is 4.79 Å². The lowest BCUT2D eigenvalue weighted by atomic mass is 10.3. The van der Waals surface area contributed by atoms with E-state index in [1.807, 2.05) is 16.8 Å². The van der Waals surface area contributed by atoms with Gasteiger partial charge in [-0.15, -0.1) is 6.58 Å². The molecule has 1 aromatic rings. The van der Waals surface area contributed by atoms with Gasteiger partial charge in [0.1, 0.15) is 0 Å². The Labute approximate surface area is 81.5 Å². The smallest absolute Gasteiger partial charge is 0.315 e. The molecule has 2 N–H and O–H groups in total. The van der Waals surface area contributed by atoms with Gasteiger partial charge in [0.2, 0.25) is 0 Å². The van der Waals surface area contributed by atoms with Crippen molar-refractivity contribution in [1.82, 2.24) is 10.6 Å². The Morgan fingerprint density at radius 3 is 3.08 bits per heavy atom. The molecule has 0 saturated carbocycles. The average Bonchev–Trinajstić information content (AvgIpc) is 2.64. The van der Waals surface area contributed by atoms with E-state index in [0.717, 1.165) is 5.56 Å². The fraction of sp³-hybridized carbons (Fsp3) is 0.222. The molecule has 1 aromatic heterocycles. The van der Waals surface area contributed by atoms with E-state index in [9.17, 15) is 4.79 Å². The van der Waals surface area contributed by atoms with Crippen LogP contribution in [0.4, 0.5) is 4.79 Å². The predicted octanol–water partition coefficient (Wildman–Crippen LogP) is 1.73. The van der Waals surface area contributed by atoms with E-state index in [4.69, 9.17) is 0 Å². The number of hydrogen-bond acceptors (Lipinski definition) is 2. The van der Waals surface area contributed by atoms with Crippen LogP contribution in [0, 0.1) is 0 Å². The van der Waals surface area contributed by atoms with Gasteiger partial charge in [-0.25, -0.2) is 4.79 Å². The normalized spacial score (nSPS) is 9.23. The average molecular weight is 196 g/mol. The molecule has 0 aliphatic rings. The van der Waals surface area contributed by atoms with Crippen LogP contribution >= 0.6 is 11.3 Å². The van der Waals surface area contributed by atoms with Crippen molar-refractivity contribution >= 4 is 17.4 Å². The van der Waals surface area contributed by atoms with E-state index in [0.29, 0.717) is 13.1 Å². The summed E-state index contributed by atoms with van der Waals surface area (Å²) in [5.74, 6) is 0. The molecule has 70 valence electrons. The van der Waals surface area contributed by atoms with E-state index < -0.39 is 0 Å². The lowest BCUT2D eigenvalue weighted by Gasteiger charge is -2.03. The maximum absolute atomic E-state index is 11.0. The van der Waals surface area contributed by atoms with E-state index >= 15 is 0 Å². The number of hydrogen-bond donors (Lipinski definition) is 2. The van der Waals surface area contributed by atoms with Gasteiger partial charge in [-0.05, 0) is 22.4 Å². The van der Waals surface area contributed by atoms with Crippen LogP contribution in [0.5, 0.6) is 0 Å². The summed E-state index contributed by atoms with van der Waals surface area (Å²) >= 11 is 1.62. The highest BCUT2D eigenvalue weighted by Crippen LogP contribution is 2.04. The summed E-state index contributed by atoms with van der Waals surface area (Å²) in [5.41, 5.74) is 1.12. The Balaban J connectivity index is 2.19. The zero-order valence-electron chi connectivity index (χ0n) is 7.25. The SMILES string of the molecule is C=CCNC(=O)NCc1ccsc1. The summed E-state index contributed by atoms with van der Waals surface area (Å²) in [6.45, 7) is 4.57. The topological polar surface area (TPSA) is 41.1 Å². The van der Waals surface area contributed by atoms with Crippen LogP contribution in [-0.2, 0) is 6.54 Å². The lowest BCUT2D eigenvalue weighted by molar-refractivity contribution is 0.241. The third-order valence-electron chi connectivity index (χ3n) is 1.44. The lowest BCUT2D eigenvalue weighted by Crippen LogP contribution is -2.34. The fourth-order valence-corrected chi connectivity index (χ4v) is 1.47. The zero-order chi connectivity index (χ0) is 9.52. The molecule has 13 heavy (non-hydrogen) atoms. The van der Waals surface area contributed by atoms with Crippen molar-refractivity contribution in [2.24, 2.45) is 0 Å². The molecule has 0 aromatic carbocycles. The number of urea groups is 1. The van der Waals surface area contributed by atoms with Gasteiger partial charge in [-0.3, -0.25) is 0 Å². The van der Waals surface area contributed by atoms with Gasteiger partial charge in [0.15, 0.2) is 0 Å². The number of rotatable bonds is 4. The van der Waals surface area contributed by atoms with Gasteiger partial charge < -0.3 is 10.6 Å². The minimum absolute atomic E-state index is 0.161. The molecule has 0 radical (unpaired) electrons. The first-order valence-electron chi connectivity index (χ1n) is 3.96. The van der Waals surface area contributed by atoms with Crippen molar-refractivity contribution in [2.75, 3.05) is 6.54 Å². The number of carbonyl (C=O) groups is 1. The van der Waals surface area contributed by atoms with Gasteiger partial charge in [-0.2, -0.15) is 11.3 Å². The number of carbonyl (C=O) groups excluding carboxylic acids is 1. The van der Waals surface area contributed by atoms with Crippen LogP contribution in [0.3, 0.4) is 0 Å². The van der Waals surface area contributed by atoms with Gasteiger partial charge in [0.25, 0.3) is 0 Å². The van der Waals surface area contributed by atoms with Crippen LogP contribution in [0.25, 0.3) is 0 Å². The summed E-state index contributed by atoms with van der Waals surface area (Å²) in [6.07, 6.45) is 1.64. The van der Waals surface area contributed by atoms with E-state index in [1.54, 1.807) is 17.4 Å². The maximum atomic E-state index is 11.0. The van der Waals surface area contributed by atoms with Crippen molar-refractivity contribution in [3.63, 3.8) is 0 Å².